The van der Waals surface area contributed by atoms with Crippen molar-refractivity contribution in [3.05, 3.63) is 53.8 Å². The first-order valence-corrected chi connectivity index (χ1v) is 9.41. The lowest BCUT2D eigenvalue weighted by Crippen LogP contribution is -2.43. The highest BCUT2D eigenvalue weighted by atomic mass is 19.1. The number of anilines is 3. The van der Waals surface area contributed by atoms with Gasteiger partial charge in [-0.1, -0.05) is 6.07 Å². The number of halogens is 1. The van der Waals surface area contributed by atoms with Crippen molar-refractivity contribution >= 4 is 34.8 Å². The Morgan fingerprint density at radius 2 is 2.10 bits per heavy atom. The molecule has 0 aromatic heterocycles. The largest absolute Gasteiger partial charge is 0.449 e. The van der Waals surface area contributed by atoms with Gasteiger partial charge in [-0.05, 0) is 56.2 Å². The van der Waals surface area contributed by atoms with E-state index in [1.165, 1.54) is 31.2 Å². The predicted molar refractivity (Wildman–Crippen MR) is 105 cm³/mol. The second-order valence-corrected chi connectivity index (χ2v) is 7.12. The molecule has 8 heteroatoms. The van der Waals surface area contributed by atoms with Crippen molar-refractivity contribution in [2.75, 3.05) is 22.1 Å². The van der Waals surface area contributed by atoms with Gasteiger partial charge in [-0.2, -0.15) is 0 Å². The van der Waals surface area contributed by atoms with Gasteiger partial charge in [-0.25, -0.2) is 9.18 Å². The quantitative estimate of drug-likeness (QED) is 0.775. The minimum Gasteiger partial charge on any atom is -0.449 e. The summed E-state index contributed by atoms with van der Waals surface area (Å²) in [6.45, 7) is 2.23. The molecule has 0 aliphatic carbocycles. The molecular formula is C21H20FN3O4. The number of nitrogens with zero attached hydrogens (tertiary/aromatic N) is 1. The molecule has 0 spiro atoms. The third-order valence-electron chi connectivity index (χ3n) is 5.10. The highest BCUT2D eigenvalue weighted by Gasteiger charge is 2.36. The zero-order valence-electron chi connectivity index (χ0n) is 15.8. The van der Waals surface area contributed by atoms with Gasteiger partial charge in [0.05, 0.1) is 16.9 Å². The van der Waals surface area contributed by atoms with Crippen LogP contribution in [0, 0.1) is 5.82 Å². The standard InChI is InChI=1S/C21H20FN3O4/c1-12(19(26)23-15-5-2-4-14(22)11-15)29-21(28)13-7-8-17-16(10-13)24-20(27)18-6-3-9-25(17)18/h2,4-5,7-8,10-12,18H,3,6,9H2,1H3,(H,23,26)(H,24,27)/t12-,18+/m1/s1. The summed E-state index contributed by atoms with van der Waals surface area (Å²) in [4.78, 5) is 39.0. The van der Waals surface area contributed by atoms with Gasteiger partial charge in [0.25, 0.3) is 5.91 Å². The van der Waals surface area contributed by atoms with Crippen molar-refractivity contribution in [1.82, 2.24) is 0 Å². The zero-order chi connectivity index (χ0) is 20.5. The van der Waals surface area contributed by atoms with Crippen LogP contribution in [-0.2, 0) is 14.3 Å². The number of fused-ring (bicyclic) bond motifs is 3. The molecule has 2 atom stereocenters. The molecule has 0 bridgehead atoms. The van der Waals surface area contributed by atoms with Gasteiger partial charge in [0.2, 0.25) is 5.91 Å². The number of esters is 1. The molecule has 1 saturated heterocycles. The third kappa shape index (κ3) is 3.78. The van der Waals surface area contributed by atoms with Gasteiger partial charge in [0, 0.05) is 12.2 Å². The Balaban J connectivity index is 1.44. The van der Waals surface area contributed by atoms with Crippen molar-refractivity contribution in [3.63, 3.8) is 0 Å². The molecule has 7 nitrogen and oxygen atoms in total. The second kappa shape index (κ2) is 7.54. The minimum atomic E-state index is -1.08. The molecule has 150 valence electrons. The summed E-state index contributed by atoms with van der Waals surface area (Å²) in [5, 5.41) is 5.34. The summed E-state index contributed by atoms with van der Waals surface area (Å²) >= 11 is 0. The van der Waals surface area contributed by atoms with Crippen LogP contribution in [0.3, 0.4) is 0 Å². The summed E-state index contributed by atoms with van der Waals surface area (Å²) < 4.78 is 18.5. The molecule has 1 fully saturated rings. The number of amides is 2. The Labute approximate surface area is 166 Å². The van der Waals surface area contributed by atoms with Crippen LogP contribution in [0.25, 0.3) is 0 Å². The fraction of sp³-hybridized carbons (Fsp3) is 0.286. The lowest BCUT2D eigenvalue weighted by Gasteiger charge is -2.33. The fourth-order valence-electron chi connectivity index (χ4n) is 3.65. The highest BCUT2D eigenvalue weighted by molar-refractivity contribution is 6.05. The van der Waals surface area contributed by atoms with E-state index in [2.05, 4.69) is 10.6 Å². The number of rotatable bonds is 4. The maximum absolute atomic E-state index is 13.2. The van der Waals surface area contributed by atoms with Crippen molar-refractivity contribution in [2.45, 2.75) is 31.9 Å². The first kappa shape index (κ1) is 18.9. The second-order valence-electron chi connectivity index (χ2n) is 7.12. The van der Waals surface area contributed by atoms with Crippen LogP contribution in [-0.4, -0.2) is 36.5 Å². The summed E-state index contributed by atoms with van der Waals surface area (Å²) in [5.74, 6) is -1.82. The number of hydrogen-bond acceptors (Lipinski definition) is 5. The van der Waals surface area contributed by atoms with Crippen LogP contribution in [0.2, 0.25) is 0 Å². The van der Waals surface area contributed by atoms with Gasteiger partial charge >= 0.3 is 5.97 Å². The normalized spacial score (nSPS) is 18.3. The monoisotopic (exact) mass is 397 g/mol. The highest BCUT2D eigenvalue weighted by Crippen LogP contribution is 2.37. The van der Waals surface area contributed by atoms with E-state index in [1.807, 2.05) is 4.90 Å². The average Bonchev–Trinajstić information content (AvgIpc) is 3.18. The Kier molecular flexibility index (Phi) is 4.92. The van der Waals surface area contributed by atoms with Gasteiger partial charge in [-0.3, -0.25) is 9.59 Å². The van der Waals surface area contributed by atoms with Gasteiger partial charge in [0.1, 0.15) is 11.9 Å². The Bertz CT molecular complexity index is 994. The number of ether oxygens (including phenoxy) is 1. The summed E-state index contributed by atoms with van der Waals surface area (Å²) in [6.07, 6.45) is 0.672. The van der Waals surface area contributed by atoms with Crippen molar-refractivity contribution in [3.8, 4) is 0 Å². The van der Waals surface area contributed by atoms with Crippen LogP contribution >= 0.6 is 0 Å². The number of hydrogen-bond donors (Lipinski definition) is 2. The number of benzene rings is 2. The molecule has 2 N–H and O–H groups in total. The lowest BCUT2D eigenvalue weighted by molar-refractivity contribution is -0.123. The Hall–Kier alpha value is -3.42. The Morgan fingerprint density at radius 1 is 1.28 bits per heavy atom. The Morgan fingerprint density at radius 3 is 2.90 bits per heavy atom. The average molecular weight is 397 g/mol. The smallest absolute Gasteiger partial charge is 0.338 e. The van der Waals surface area contributed by atoms with Gasteiger partial charge in [0.15, 0.2) is 6.10 Å². The zero-order valence-corrected chi connectivity index (χ0v) is 15.8. The maximum atomic E-state index is 13.2. The molecule has 2 aromatic carbocycles. The molecule has 2 aromatic rings. The SMILES string of the molecule is C[C@@H](OC(=O)c1ccc2c(c1)NC(=O)[C@@H]1CCCN21)C(=O)Nc1cccc(F)c1. The molecule has 2 amide bonds. The molecule has 2 heterocycles. The molecule has 0 unspecified atom stereocenters. The molecule has 0 saturated carbocycles. The van der Waals surface area contributed by atoms with E-state index in [0.29, 0.717) is 5.69 Å². The molecule has 4 rings (SSSR count). The lowest BCUT2D eigenvalue weighted by atomic mass is 10.1. The number of carbonyl (C=O) groups is 3. The van der Waals surface area contributed by atoms with E-state index in [-0.39, 0.29) is 23.2 Å². The molecule has 29 heavy (non-hydrogen) atoms. The number of carbonyl (C=O) groups excluding carboxylic acids is 3. The van der Waals surface area contributed by atoms with E-state index in [9.17, 15) is 18.8 Å². The van der Waals surface area contributed by atoms with E-state index in [1.54, 1.807) is 18.2 Å². The molecular weight excluding hydrogens is 377 g/mol. The maximum Gasteiger partial charge on any atom is 0.338 e. The third-order valence-corrected chi connectivity index (χ3v) is 5.10. The van der Waals surface area contributed by atoms with E-state index in [4.69, 9.17) is 4.74 Å². The first-order chi connectivity index (χ1) is 13.9. The summed E-state index contributed by atoms with van der Waals surface area (Å²) in [6, 6.07) is 10.2. The van der Waals surface area contributed by atoms with Crippen LogP contribution in [0.5, 0.6) is 0 Å². The van der Waals surface area contributed by atoms with Crippen molar-refractivity contribution < 1.29 is 23.5 Å². The van der Waals surface area contributed by atoms with Crippen molar-refractivity contribution in [1.29, 1.82) is 0 Å². The summed E-state index contributed by atoms with van der Waals surface area (Å²) in [5.41, 5.74) is 1.93. The molecule has 2 aliphatic rings. The van der Waals surface area contributed by atoms with Crippen LogP contribution < -0.4 is 15.5 Å². The van der Waals surface area contributed by atoms with Gasteiger partial charge < -0.3 is 20.3 Å². The van der Waals surface area contributed by atoms with Gasteiger partial charge in [-0.15, -0.1) is 0 Å². The van der Waals surface area contributed by atoms with Crippen molar-refractivity contribution in [2.24, 2.45) is 0 Å². The van der Waals surface area contributed by atoms with E-state index < -0.39 is 23.8 Å². The van der Waals surface area contributed by atoms with Crippen LogP contribution in [0.4, 0.5) is 21.5 Å². The summed E-state index contributed by atoms with van der Waals surface area (Å²) in [7, 11) is 0. The number of nitrogens with one attached hydrogen (secondary N) is 2. The van der Waals surface area contributed by atoms with Crippen LogP contribution in [0.15, 0.2) is 42.5 Å². The predicted octanol–water partition coefficient (Wildman–Crippen LogP) is 2.93. The molecule has 0 radical (unpaired) electrons. The van der Waals surface area contributed by atoms with E-state index in [0.717, 1.165) is 25.1 Å². The molecule has 2 aliphatic heterocycles. The van der Waals surface area contributed by atoms with E-state index >= 15 is 0 Å². The topological polar surface area (TPSA) is 87.7 Å². The first-order valence-electron chi connectivity index (χ1n) is 9.41. The fourth-order valence-corrected chi connectivity index (χ4v) is 3.65. The minimum absolute atomic E-state index is 0.0802. The van der Waals surface area contributed by atoms with Crippen LogP contribution in [0.1, 0.15) is 30.1 Å².